The fourth-order valence-corrected chi connectivity index (χ4v) is 4.43. The SMILES string of the molecule is CCNC(Cc1c(Cl)c(CC)nn1C)c1cc(C)c(Br)s1. The maximum absolute atomic E-state index is 6.48. The van der Waals surface area contributed by atoms with E-state index in [1.165, 1.54) is 14.2 Å². The Morgan fingerprint density at radius 2 is 2.19 bits per heavy atom. The van der Waals surface area contributed by atoms with Crippen molar-refractivity contribution in [1.82, 2.24) is 15.1 Å². The van der Waals surface area contributed by atoms with E-state index < -0.39 is 0 Å². The Morgan fingerprint density at radius 1 is 1.48 bits per heavy atom. The molecule has 0 aliphatic heterocycles. The van der Waals surface area contributed by atoms with Gasteiger partial charge in [0.05, 0.1) is 20.2 Å². The molecule has 3 nitrogen and oxygen atoms in total. The molecule has 0 saturated heterocycles. The molecule has 0 fully saturated rings. The largest absolute Gasteiger partial charge is 0.309 e. The van der Waals surface area contributed by atoms with E-state index >= 15 is 0 Å². The molecule has 0 saturated carbocycles. The zero-order chi connectivity index (χ0) is 15.6. The molecule has 0 bridgehead atoms. The van der Waals surface area contributed by atoms with E-state index in [1.807, 2.05) is 11.7 Å². The molecule has 0 spiro atoms. The van der Waals surface area contributed by atoms with Gasteiger partial charge in [-0.3, -0.25) is 4.68 Å². The summed E-state index contributed by atoms with van der Waals surface area (Å²) < 4.78 is 3.12. The lowest BCUT2D eigenvalue weighted by Crippen LogP contribution is -2.23. The van der Waals surface area contributed by atoms with Crippen LogP contribution in [-0.2, 0) is 19.9 Å². The first-order valence-corrected chi connectivity index (χ1v) is 9.16. The molecule has 116 valence electrons. The van der Waals surface area contributed by atoms with E-state index in [9.17, 15) is 0 Å². The van der Waals surface area contributed by atoms with Crippen LogP contribution < -0.4 is 5.32 Å². The van der Waals surface area contributed by atoms with Crippen LogP contribution in [0.2, 0.25) is 5.02 Å². The van der Waals surface area contributed by atoms with Gasteiger partial charge in [-0.05, 0) is 47.4 Å². The predicted molar refractivity (Wildman–Crippen MR) is 94.5 cm³/mol. The van der Waals surface area contributed by atoms with Gasteiger partial charge in [0.25, 0.3) is 0 Å². The summed E-state index contributed by atoms with van der Waals surface area (Å²) in [4.78, 5) is 1.33. The van der Waals surface area contributed by atoms with Crippen molar-refractivity contribution < 1.29 is 0 Å². The molecule has 2 rings (SSSR count). The molecule has 1 unspecified atom stereocenters. The Bertz CT molecular complexity index is 601. The van der Waals surface area contributed by atoms with E-state index in [4.69, 9.17) is 11.6 Å². The molecule has 1 atom stereocenters. The number of likely N-dealkylation sites (N-methyl/N-ethyl adjacent to an activating group) is 1. The van der Waals surface area contributed by atoms with Gasteiger partial charge in [-0.25, -0.2) is 0 Å². The molecule has 0 aromatic carbocycles. The molecule has 2 aromatic heterocycles. The summed E-state index contributed by atoms with van der Waals surface area (Å²) in [5.41, 5.74) is 3.36. The summed E-state index contributed by atoms with van der Waals surface area (Å²) in [6, 6.07) is 2.51. The summed E-state index contributed by atoms with van der Waals surface area (Å²) in [7, 11) is 1.97. The summed E-state index contributed by atoms with van der Waals surface area (Å²) in [6.45, 7) is 7.26. The Labute approximate surface area is 143 Å². The van der Waals surface area contributed by atoms with Crippen molar-refractivity contribution in [1.29, 1.82) is 0 Å². The number of nitrogens with zero attached hydrogens (tertiary/aromatic N) is 2. The molecular weight excluding hydrogens is 370 g/mol. The van der Waals surface area contributed by atoms with Crippen molar-refractivity contribution in [3.8, 4) is 0 Å². The van der Waals surface area contributed by atoms with Crippen molar-refractivity contribution in [2.24, 2.45) is 7.05 Å². The highest BCUT2D eigenvalue weighted by atomic mass is 79.9. The smallest absolute Gasteiger partial charge is 0.0850 e. The number of rotatable bonds is 6. The third-order valence-corrected chi connectivity index (χ3v) is 6.26. The van der Waals surface area contributed by atoms with Crippen molar-refractivity contribution >= 4 is 38.9 Å². The summed E-state index contributed by atoms with van der Waals surface area (Å²) >= 11 is 11.9. The van der Waals surface area contributed by atoms with E-state index in [2.05, 4.69) is 53.2 Å². The Balaban J connectivity index is 2.30. The average molecular weight is 391 g/mol. The molecule has 0 amide bonds. The highest BCUT2D eigenvalue weighted by Gasteiger charge is 2.20. The predicted octanol–water partition coefficient (Wildman–Crippen LogP) is 4.66. The topological polar surface area (TPSA) is 29.9 Å². The van der Waals surface area contributed by atoms with Gasteiger partial charge >= 0.3 is 0 Å². The zero-order valence-electron chi connectivity index (χ0n) is 12.8. The molecule has 21 heavy (non-hydrogen) atoms. The van der Waals surface area contributed by atoms with Crippen molar-refractivity contribution in [2.75, 3.05) is 6.54 Å². The minimum atomic E-state index is 0.266. The highest BCUT2D eigenvalue weighted by Crippen LogP contribution is 2.34. The lowest BCUT2D eigenvalue weighted by Gasteiger charge is -2.16. The molecule has 1 N–H and O–H groups in total. The number of nitrogens with one attached hydrogen (secondary N) is 1. The lowest BCUT2D eigenvalue weighted by molar-refractivity contribution is 0.535. The van der Waals surface area contributed by atoms with Gasteiger partial charge in [0.1, 0.15) is 0 Å². The second-order valence-electron chi connectivity index (χ2n) is 5.10. The van der Waals surface area contributed by atoms with Crippen LogP contribution in [0.3, 0.4) is 0 Å². The maximum atomic E-state index is 6.48. The standard InChI is InChI=1S/C15H21BrClN3S/c1-5-10-14(17)12(20(4)19-10)8-11(18-6-2)13-7-9(3)15(16)21-13/h7,11,18H,5-6,8H2,1-4H3. The molecular formula is C15H21BrClN3S. The van der Waals surface area contributed by atoms with Crippen LogP contribution in [0, 0.1) is 6.92 Å². The molecule has 2 heterocycles. The average Bonchev–Trinajstić information content (AvgIpc) is 2.92. The normalized spacial score (nSPS) is 12.9. The minimum absolute atomic E-state index is 0.266. The van der Waals surface area contributed by atoms with Crippen LogP contribution in [0.15, 0.2) is 9.85 Å². The summed E-state index contributed by atoms with van der Waals surface area (Å²) in [5.74, 6) is 0. The monoisotopic (exact) mass is 389 g/mol. The molecule has 2 aromatic rings. The summed E-state index contributed by atoms with van der Waals surface area (Å²) in [5, 5.41) is 8.88. The fourth-order valence-electron chi connectivity index (χ4n) is 2.41. The van der Waals surface area contributed by atoms with E-state index in [1.54, 1.807) is 11.3 Å². The van der Waals surface area contributed by atoms with Gasteiger partial charge in [0.2, 0.25) is 0 Å². The van der Waals surface area contributed by atoms with E-state index in [-0.39, 0.29) is 6.04 Å². The molecule has 0 aliphatic rings. The maximum Gasteiger partial charge on any atom is 0.0850 e. The van der Waals surface area contributed by atoms with Gasteiger partial charge < -0.3 is 5.32 Å². The number of hydrogen-bond acceptors (Lipinski definition) is 3. The fraction of sp³-hybridized carbons (Fsp3) is 0.533. The van der Waals surface area contributed by atoms with Crippen molar-refractivity contribution in [3.63, 3.8) is 0 Å². The number of aryl methyl sites for hydroxylation is 3. The van der Waals surface area contributed by atoms with Gasteiger partial charge in [-0.2, -0.15) is 5.10 Å². The molecule has 0 radical (unpaired) electrons. The van der Waals surface area contributed by atoms with Crippen LogP contribution in [0.25, 0.3) is 0 Å². The highest BCUT2D eigenvalue weighted by molar-refractivity contribution is 9.11. The first-order chi connectivity index (χ1) is 9.97. The quantitative estimate of drug-likeness (QED) is 0.777. The van der Waals surface area contributed by atoms with Crippen LogP contribution >= 0.6 is 38.9 Å². The van der Waals surface area contributed by atoms with E-state index in [0.29, 0.717) is 0 Å². The van der Waals surface area contributed by atoms with E-state index in [0.717, 1.165) is 35.8 Å². The third-order valence-electron chi connectivity index (χ3n) is 3.57. The van der Waals surface area contributed by atoms with Gasteiger partial charge in [-0.15, -0.1) is 11.3 Å². The van der Waals surface area contributed by atoms with Gasteiger partial charge in [-0.1, -0.05) is 25.4 Å². The van der Waals surface area contributed by atoms with Crippen LogP contribution in [0.5, 0.6) is 0 Å². The first kappa shape index (κ1) is 17.0. The first-order valence-electron chi connectivity index (χ1n) is 7.17. The molecule has 0 aliphatic carbocycles. The van der Waals surface area contributed by atoms with Crippen LogP contribution in [0.4, 0.5) is 0 Å². The minimum Gasteiger partial charge on any atom is -0.309 e. The number of hydrogen-bond donors (Lipinski definition) is 1. The summed E-state index contributed by atoms with van der Waals surface area (Å²) in [6.07, 6.45) is 1.71. The Morgan fingerprint density at radius 3 is 2.67 bits per heavy atom. The van der Waals surface area contributed by atoms with Crippen molar-refractivity contribution in [2.45, 2.75) is 39.7 Å². The Hall–Kier alpha value is -0.360. The Kier molecular flexibility index (Phi) is 5.88. The lowest BCUT2D eigenvalue weighted by atomic mass is 10.1. The third kappa shape index (κ3) is 3.70. The van der Waals surface area contributed by atoms with Crippen LogP contribution in [0.1, 0.15) is 41.7 Å². The van der Waals surface area contributed by atoms with Crippen LogP contribution in [-0.4, -0.2) is 16.3 Å². The van der Waals surface area contributed by atoms with Gasteiger partial charge in [0.15, 0.2) is 0 Å². The number of aromatic nitrogens is 2. The second-order valence-corrected chi connectivity index (χ2v) is 7.88. The second kappa shape index (κ2) is 7.27. The van der Waals surface area contributed by atoms with Crippen molar-refractivity contribution in [3.05, 3.63) is 36.7 Å². The zero-order valence-corrected chi connectivity index (χ0v) is 16.0. The number of halogens is 2. The number of thiophene rings is 1. The van der Waals surface area contributed by atoms with Gasteiger partial charge in [0, 0.05) is 24.4 Å². The molecule has 6 heteroatoms.